The molecule has 0 aliphatic heterocycles. The van der Waals surface area contributed by atoms with Gasteiger partial charge in [0.2, 0.25) is 0 Å². The molecule has 0 atom stereocenters. The predicted octanol–water partition coefficient (Wildman–Crippen LogP) is 5.79. The molecule has 3 aromatic carbocycles. The van der Waals surface area contributed by atoms with E-state index in [1.54, 1.807) is 6.07 Å². The Morgan fingerprint density at radius 3 is 1.96 bits per heavy atom. The molecule has 1 aromatic heterocycles. The molecule has 4 rings (SSSR count). The lowest BCUT2D eigenvalue weighted by Gasteiger charge is -2.22. The predicted molar refractivity (Wildman–Crippen MR) is 112 cm³/mol. The van der Waals surface area contributed by atoms with Crippen LogP contribution in [0.4, 0.5) is 0 Å². The minimum Gasteiger partial charge on any atom is -0.309 e. The Labute approximate surface area is 159 Å². The summed E-state index contributed by atoms with van der Waals surface area (Å²) < 4.78 is 2.20. The van der Waals surface area contributed by atoms with Gasteiger partial charge in [0, 0.05) is 22.9 Å². The van der Waals surface area contributed by atoms with Crippen LogP contribution in [0.5, 0.6) is 0 Å². The van der Waals surface area contributed by atoms with Gasteiger partial charge in [-0.2, -0.15) is 0 Å². The van der Waals surface area contributed by atoms with Crippen molar-refractivity contribution in [3.63, 3.8) is 0 Å². The first-order chi connectivity index (χ1) is 13.2. The summed E-state index contributed by atoms with van der Waals surface area (Å²) in [6, 6.07) is 30.3. The minimum atomic E-state index is 0.0549. The Morgan fingerprint density at radius 1 is 0.704 bits per heavy atom. The number of benzene rings is 3. The van der Waals surface area contributed by atoms with Crippen LogP contribution in [0.25, 0.3) is 28.2 Å². The van der Waals surface area contributed by atoms with Crippen molar-refractivity contribution in [2.45, 2.75) is 13.8 Å². The van der Waals surface area contributed by atoms with Gasteiger partial charge in [-0.05, 0) is 37.1 Å². The van der Waals surface area contributed by atoms with Crippen molar-refractivity contribution in [2.75, 3.05) is 0 Å². The van der Waals surface area contributed by atoms with Crippen LogP contribution in [0.3, 0.4) is 0 Å². The molecule has 27 heavy (non-hydrogen) atoms. The van der Waals surface area contributed by atoms with Crippen LogP contribution >= 0.6 is 0 Å². The van der Waals surface area contributed by atoms with E-state index in [2.05, 4.69) is 47.9 Å². The first kappa shape index (κ1) is 17.0. The summed E-state index contributed by atoms with van der Waals surface area (Å²) in [7, 11) is 0. The molecule has 1 heterocycles. The van der Waals surface area contributed by atoms with Crippen molar-refractivity contribution < 1.29 is 0 Å². The van der Waals surface area contributed by atoms with Crippen molar-refractivity contribution in [2.24, 2.45) is 0 Å². The number of nitrogens with zero attached hydrogens (tertiary/aromatic N) is 1. The zero-order valence-electron chi connectivity index (χ0n) is 15.5. The fourth-order valence-corrected chi connectivity index (χ4v) is 3.55. The fourth-order valence-electron chi connectivity index (χ4n) is 3.55. The van der Waals surface area contributed by atoms with Gasteiger partial charge in [0.15, 0.2) is 5.43 Å². The van der Waals surface area contributed by atoms with Crippen molar-refractivity contribution in [1.29, 1.82) is 0 Å². The third-order valence-corrected chi connectivity index (χ3v) is 4.94. The van der Waals surface area contributed by atoms with Crippen LogP contribution < -0.4 is 5.43 Å². The van der Waals surface area contributed by atoms with E-state index in [1.807, 2.05) is 55.5 Å². The quantitative estimate of drug-likeness (QED) is 0.458. The van der Waals surface area contributed by atoms with Gasteiger partial charge in [0.05, 0.1) is 11.4 Å². The lowest BCUT2D eigenvalue weighted by molar-refractivity contribution is 1.04. The van der Waals surface area contributed by atoms with Crippen LogP contribution in [0, 0.1) is 13.8 Å². The van der Waals surface area contributed by atoms with E-state index in [4.69, 9.17) is 0 Å². The normalized spacial score (nSPS) is 10.7. The molecule has 2 heteroatoms. The first-order valence-corrected chi connectivity index (χ1v) is 9.10. The Bertz CT molecular complexity index is 1140. The average Bonchev–Trinajstić information content (AvgIpc) is 2.71. The van der Waals surface area contributed by atoms with Crippen molar-refractivity contribution >= 4 is 0 Å². The van der Waals surface area contributed by atoms with Crippen molar-refractivity contribution in [1.82, 2.24) is 4.57 Å². The molecular formula is C25H21NO. The molecule has 0 spiro atoms. The van der Waals surface area contributed by atoms with E-state index < -0.39 is 0 Å². The van der Waals surface area contributed by atoms with E-state index in [9.17, 15) is 4.79 Å². The second-order valence-corrected chi connectivity index (χ2v) is 6.72. The lowest BCUT2D eigenvalue weighted by atomic mass is 9.99. The molecule has 0 bridgehead atoms. The number of pyridine rings is 1. The molecule has 0 fully saturated rings. The maximum Gasteiger partial charge on any atom is 0.185 e. The molecule has 0 N–H and O–H groups in total. The van der Waals surface area contributed by atoms with E-state index >= 15 is 0 Å². The number of para-hydroxylation sites is 1. The molecule has 0 saturated heterocycles. The molecular weight excluding hydrogens is 330 g/mol. The highest BCUT2D eigenvalue weighted by atomic mass is 16.1. The first-order valence-electron chi connectivity index (χ1n) is 9.10. The van der Waals surface area contributed by atoms with Gasteiger partial charge in [0.1, 0.15) is 0 Å². The third-order valence-electron chi connectivity index (χ3n) is 4.94. The van der Waals surface area contributed by atoms with Crippen molar-refractivity contribution in [3.8, 4) is 28.2 Å². The van der Waals surface area contributed by atoms with Gasteiger partial charge in [0.25, 0.3) is 0 Å². The Balaban J connectivity index is 2.16. The van der Waals surface area contributed by atoms with Gasteiger partial charge in [-0.25, -0.2) is 0 Å². The molecule has 2 nitrogen and oxygen atoms in total. The highest BCUT2D eigenvalue weighted by Crippen LogP contribution is 2.32. The monoisotopic (exact) mass is 351 g/mol. The summed E-state index contributed by atoms with van der Waals surface area (Å²) in [5.41, 5.74) is 6.94. The number of aryl methyl sites for hydroxylation is 1. The second-order valence-electron chi connectivity index (χ2n) is 6.72. The maximum absolute atomic E-state index is 12.9. The Kier molecular flexibility index (Phi) is 4.47. The summed E-state index contributed by atoms with van der Waals surface area (Å²) in [5, 5.41) is 0. The molecule has 4 aromatic rings. The van der Waals surface area contributed by atoms with E-state index in [0.29, 0.717) is 0 Å². The van der Waals surface area contributed by atoms with Crippen LogP contribution in [0.15, 0.2) is 95.8 Å². The minimum absolute atomic E-state index is 0.0549. The molecule has 132 valence electrons. The van der Waals surface area contributed by atoms with E-state index in [-0.39, 0.29) is 5.43 Å². The van der Waals surface area contributed by atoms with Crippen LogP contribution in [-0.2, 0) is 0 Å². The number of hydrogen-bond acceptors (Lipinski definition) is 1. The van der Waals surface area contributed by atoms with Gasteiger partial charge >= 0.3 is 0 Å². The molecule has 0 saturated carbocycles. The van der Waals surface area contributed by atoms with Gasteiger partial charge < -0.3 is 4.57 Å². The molecule has 0 unspecified atom stereocenters. The van der Waals surface area contributed by atoms with Crippen LogP contribution in [0.2, 0.25) is 0 Å². The maximum atomic E-state index is 12.9. The number of aromatic nitrogens is 1. The molecule has 0 radical (unpaired) electrons. The second kappa shape index (κ2) is 7.08. The standard InChI is InChI=1S/C25H21NO/c1-18-11-9-10-16-22(18)23-17-24(27)19(2)25(20-12-5-3-6-13-20)26(23)21-14-7-4-8-15-21/h3-17H,1-2H3. The average molecular weight is 351 g/mol. The summed E-state index contributed by atoms with van der Waals surface area (Å²) in [4.78, 5) is 12.9. The lowest BCUT2D eigenvalue weighted by Crippen LogP contribution is -2.15. The van der Waals surface area contributed by atoms with Crippen LogP contribution in [0.1, 0.15) is 11.1 Å². The molecule has 0 aliphatic rings. The summed E-state index contributed by atoms with van der Waals surface area (Å²) in [6.07, 6.45) is 0. The largest absolute Gasteiger partial charge is 0.309 e. The Morgan fingerprint density at radius 2 is 1.30 bits per heavy atom. The van der Waals surface area contributed by atoms with E-state index in [0.717, 1.165) is 39.3 Å². The number of hydrogen-bond donors (Lipinski definition) is 0. The fraction of sp³-hybridized carbons (Fsp3) is 0.0800. The van der Waals surface area contributed by atoms with Gasteiger partial charge in [-0.1, -0.05) is 72.8 Å². The summed E-state index contributed by atoms with van der Waals surface area (Å²) in [6.45, 7) is 3.99. The van der Waals surface area contributed by atoms with Gasteiger partial charge in [-0.15, -0.1) is 0 Å². The van der Waals surface area contributed by atoms with E-state index in [1.165, 1.54) is 0 Å². The molecule has 0 amide bonds. The topological polar surface area (TPSA) is 22.0 Å². The van der Waals surface area contributed by atoms with Crippen LogP contribution in [-0.4, -0.2) is 4.57 Å². The SMILES string of the molecule is Cc1ccccc1-c1cc(=O)c(C)c(-c2ccccc2)n1-c1ccccc1. The molecule has 0 aliphatic carbocycles. The van der Waals surface area contributed by atoms with Crippen molar-refractivity contribution in [3.05, 3.63) is 112 Å². The highest BCUT2D eigenvalue weighted by molar-refractivity contribution is 5.74. The zero-order chi connectivity index (χ0) is 18.8. The highest BCUT2D eigenvalue weighted by Gasteiger charge is 2.17. The number of rotatable bonds is 3. The Hall–Kier alpha value is -3.39. The zero-order valence-corrected chi connectivity index (χ0v) is 15.5. The summed E-state index contributed by atoms with van der Waals surface area (Å²) >= 11 is 0. The summed E-state index contributed by atoms with van der Waals surface area (Å²) in [5.74, 6) is 0. The third kappa shape index (κ3) is 3.11. The smallest absolute Gasteiger partial charge is 0.185 e. The van der Waals surface area contributed by atoms with Gasteiger partial charge in [-0.3, -0.25) is 4.79 Å².